The number of amides is 1. The summed E-state index contributed by atoms with van der Waals surface area (Å²) in [6.45, 7) is 0.134. The Morgan fingerprint density at radius 2 is 1.59 bits per heavy atom. The summed E-state index contributed by atoms with van der Waals surface area (Å²) in [5.74, 6) is -0.553. The van der Waals surface area contributed by atoms with Gasteiger partial charge in [-0.2, -0.15) is 0 Å². The van der Waals surface area contributed by atoms with E-state index in [1.165, 1.54) is 7.11 Å². The Morgan fingerprint density at radius 3 is 2.18 bits per heavy atom. The number of hydrogen-bond donors (Lipinski definition) is 1. The van der Waals surface area contributed by atoms with Gasteiger partial charge in [-0.1, -0.05) is 60.7 Å². The van der Waals surface area contributed by atoms with Gasteiger partial charge in [0.05, 0.1) is 7.11 Å². The largest absolute Gasteiger partial charge is 0.467 e. The standard InChI is InChI=1S/C17H17NO4/c1-21-16(19)15(14-10-6-3-7-11-14)18-17(20)22-12-13-8-4-2-5-9-13/h2-11,15H,12H2,1H3,(H,18,20). The molecule has 2 rings (SSSR count). The molecule has 0 heterocycles. The third kappa shape index (κ3) is 4.34. The van der Waals surface area contributed by atoms with Crippen molar-refractivity contribution < 1.29 is 19.1 Å². The summed E-state index contributed by atoms with van der Waals surface area (Å²) in [7, 11) is 1.27. The second-order valence-electron chi connectivity index (χ2n) is 4.57. The lowest BCUT2D eigenvalue weighted by molar-refractivity contribution is -0.143. The van der Waals surface area contributed by atoms with Crippen LogP contribution in [0.5, 0.6) is 0 Å². The maximum Gasteiger partial charge on any atom is 0.408 e. The molecule has 2 aromatic rings. The number of rotatable bonds is 5. The van der Waals surface area contributed by atoms with Crippen LogP contribution in [0.15, 0.2) is 60.7 Å². The normalized spacial score (nSPS) is 11.3. The number of benzene rings is 2. The van der Waals surface area contributed by atoms with E-state index in [9.17, 15) is 9.59 Å². The summed E-state index contributed by atoms with van der Waals surface area (Å²) >= 11 is 0. The van der Waals surface area contributed by atoms with Crippen LogP contribution in [0.4, 0.5) is 4.79 Å². The molecule has 0 radical (unpaired) electrons. The van der Waals surface area contributed by atoms with E-state index in [2.05, 4.69) is 5.32 Å². The van der Waals surface area contributed by atoms with E-state index in [-0.39, 0.29) is 6.61 Å². The number of hydrogen-bond acceptors (Lipinski definition) is 4. The van der Waals surface area contributed by atoms with Crippen molar-refractivity contribution in [2.75, 3.05) is 7.11 Å². The highest BCUT2D eigenvalue weighted by molar-refractivity contribution is 5.82. The number of nitrogens with one attached hydrogen (secondary N) is 1. The molecule has 0 bridgehead atoms. The Morgan fingerprint density at radius 1 is 1.00 bits per heavy atom. The lowest BCUT2D eigenvalue weighted by atomic mass is 10.1. The van der Waals surface area contributed by atoms with Gasteiger partial charge in [0, 0.05) is 0 Å². The molecule has 0 fully saturated rings. The second-order valence-corrected chi connectivity index (χ2v) is 4.57. The molecule has 1 N–H and O–H groups in total. The minimum absolute atomic E-state index is 0.134. The fraction of sp³-hybridized carbons (Fsp3) is 0.176. The maximum atomic E-state index is 11.9. The molecular formula is C17H17NO4. The van der Waals surface area contributed by atoms with Crippen molar-refractivity contribution in [3.63, 3.8) is 0 Å². The van der Waals surface area contributed by atoms with Crippen LogP contribution < -0.4 is 5.32 Å². The van der Waals surface area contributed by atoms with Crippen LogP contribution in [0.25, 0.3) is 0 Å². The third-order valence-corrected chi connectivity index (χ3v) is 3.04. The fourth-order valence-corrected chi connectivity index (χ4v) is 1.92. The summed E-state index contributed by atoms with van der Waals surface area (Å²) in [6.07, 6.45) is -0.678. The molecule has 114 valence electrons. The Hall–Kier alpha value is -2.82. The van der Waals surface area contributed by atoms with Crippen molar-refractivity contribution in [2.45, 2.75) is 12.6 Å². The van der Waals surface area contributed by atoms with Crippen molar-refractivity contribution in [3.8, 4) is 0 Å². The predicted octanol–water partition coefficient (Wildman–Crippen LogP) is 2.83. The van der Waals surface area contributed by atoms with Crippen molar-refractivity contribution in [1.82, 2.24) is 5.32 Å². The Bertz CT molecular complexity index is 613. The number of methoxy groups -OCH3 is 1. The van der Waals surface area contributed by atoms with Gasteiger partial charge in [0.1, 0.15) is 6.61 Å². The van der Waals surface area contributed by atoms with Crippen LogP contribution >= 0.6 is 0 Å². The molecule has 22 heavy (non-hydrogen) atoms. The van der Waals surface area contributed by atoms with Crippen LogP contribution in [-0.2, 0) is 20.9 Å². The first-order valence-corrected chi connectivity index (χ1v) is 6.80. The van der Waals surface area contributed by atoms with E-state index < -0.39 is 18.1 Å². The minimum atomic E-state index is -0.894. The van der Waals surface area contributed by atoms with Gasteiger partial charge in [0.25, 0.3) is 0 Å². The monoisotopic (exact) mass is 299 g/mol. The summed E-state index contributed by atoms with van der Waals surface area (Å²) in [4.78, 5) is 23.7. The molecule has 0 saturated heterocycles. The number of esters is 1. The lowest BCUT2D eigenvalue weighted by Crippen LogP contribution is -2.34. The van der Waals surface area contributed by atoms with Gasteiger partial charge in [-0.05, 0) is 11.1 Å². The van der Waals surface area contributed by atoms with Crippen LogP contribution in [0.3, 0.4) is 0 Å². The van der Waals surface area contributed by atoms with E-state index in [4.69, 9.17) is 9.47 Å². The zero-order valence-electron chi connectivity index (χ0n) is 12.2. The average molecular weight is 299 g/mol. The second kappa shape index (κ2) is 7.83. The smallest absolute Gasteiger partial charge is 0.408 e. The molecule has 1 unspecified atom stereocenters. The first-order valence-electron chi connectivity index (χ1n) is 6.80. The molecule has 5 heteroatoms. The SMILES string of the molecule is COC(=O)C(NC(=O)OCc1ccccc1)c1ccccc1. The molecular weight excluding hydrogens is 282 g/mol. The van der Waals surface area contributed by atoms with Crippen LogP contribution in [0, 0.1) is 0 Å². The fourth-order valence-electron chi connectivity index (χ4n) is 1.92. The van der Waals surface area contributed by atoms with Gasteiger partial charge in [-0.25, -0.2) is 9.59 Å². The number of alkyl carbamates (subject to hydrolysis) is 1. The van der Waals surface area contributed by atoms with E-state index >= 15 is 0 Å². The highest BCUT2D eigenvalue weighted by atomic mass is 16.6. The van der Waals surface area contributed by atoms with E-state index in [1.807, 2.05) is 36.4 Å². The molecule has 5 nitrogen and oxygen atoms in total. The van der Waals surface area contributed by atoms with Gasteiger partial charge < -0.3 is 14.8 Å². The van der Waals surface area contributed by atoms with Crippen molar-refractivity contribution in [2.24, 2.45) is 0 Å². The van der Waals surface area contributed by atoms with Gasteiger partial charge in [0.2, 0.25) is 0 Å². The van der Waals surface area contributed by atoms with E-state index in [1.54, 1.807) is 24.3 Å². The number of carbonyl (C=O) groups is 2. The first kappa shape index (κ1) is 15.6. The third-order valence-electron chi connectivity index (χ3n) is 3.04. The molecule has 0 aliphatic rings. The number of carbonyl (C=O) groups excluding carboxylic acids is 2. The molecule has 1 amide bonds. The Kier molecular flexibility index (Phi) is 5.54. The molecule has 1 atom stereocenters. The summed E-state index contributed by atoms with van der Waals surface area (Å²) < 4.78 is 9.84. The van der Waals surface area contributed by atoms with Crippen molar-refractivity contribution in [3.05, 3.63) is 71.8 Å². The van der Waals surface area contributed by atoms with E-state index in [0.717, 1.165) is 5.56 Å². The number of ether oxygens (including phenoxy) is 2. The average Bonchev–Trinajstić information content (AvgIpc) is 2.59. The zero-order chi connectivity index (χ0) is 15.8. The first-order chi connectivity index (χ1) is 10.7. The Labute approximate surface area is 128 Å². The molecule has 2 aromatic carbocycles. The van der Waals surface area contributed by atoms with Gasteiger partial charge in [-0.15, -0.1) is 0 Å². The van der Waals surface area contributed by atoms with Crippen molar-refractivity contribution in [1.29, 1.82) is 0 Å². The van der Waals surface area contributed by atoms with Crippen LogP contribution in [0.2, 0.25) is 0 Å². The van der Waals surface area contributed by atoms with Crippen LogP contribution in [0.1, 0.15) is 17.2 Å². The van der Waals surface area contributed by atoms with Gasteiger partial charge >= 0.3 is 12.1 Å². The molecule has 0 spiro atoms. The topological polar surface area (TPSA) is 64.6 Å². The molecule has 0 aromatic heterocycles. The summed E-state index contributed by atoms with van der Waals surface area (Å²) in [5, 5.41) is 2.52. The highest BCUT2D eigenvalue weighted by Gasteiger charge is 2.23. The lowest BCUT2D eigenvalue weighted by Gasteiger charge is -2.16. The van der Waals surface area contributed by atoms with Gasteiger partial charge in [-0.3, -0.25) is 0 Å². The summed E-state index contributed by atoms with van der Waals surface area (Å²) in [6, 6.07) is 17.3. The predicted molar refractivity (Wildman–Crippen MR) is 81.0 cm³/mol. The van der Waals surface area contributed by atoms with Gasteiger partial charge in [0.15, 0.2) is 6.04 Å². The minimum Gasteiger partial charge on any atom is -0.467 e. The zero-order valence-corrected chi connectivity index (χ0v) is 12.2. The van der Waals surface area contributed by atoms with Crippen molar-refractivity contribution >= 4 is 12.1 Å². The molecule has 0 aliphatic carbocycles. The van der Waals surface area contributed by atoms with E-state index in [0.29, 0.717) is 5.56 Å². The quantitative estimate of drug-likeness (QED) is 0.862. The van der Waals surface area contributed by atoms with Crippen LogP contribution in [-0.4, -0.2) is 19.2 Å². The summed E-state index contributed by atoms with van der Waals surface area (Å²) in [5.41, 5.74) is 1.50. The molecule has 0 saturated carbocycles. The molecule has 0 aliphatic heterocycles. The maximum absolute atomic E-state index is 11.9. The highest BCUT2D eigenvalue weighted by Crippen LogP contribution is 2.14. The Balaban J connectivity index is 1.98.